The zero-order valence-electron chi connectivity index (χ0n) is 13.7. The van der Waals surface area contributed by atoms with Crippen molar-refractivity contribution in [2.45, 2.75) is 71.5 Å². The van der Waals surface area contributed by atoms with E-state index in [4.69, 9.17) is 17.0 Å². The summed E-state index contributed by atoms with van der Waals surface area (Å²) >= 11 is 5.54. The number of rotatable bonds is 5. The van der Waals surface area contributed by atoms with E-state index in [0.717, 1.165) is 5.05 Å². The van der Waals surface area contributed by atoms with E-state index in [1.54, 1.807) is 0 Å². The zero-order valence-corrected chi connectivity index (χ0v) is 16.6. The molecule has 1 rings (SSSR count). The summed E-state index contributed by atoms with van der Waals surface area (Å²) in [6.45, 7) is 17.6. The molecule has 2 nitrogen and oxygen atoms in total. The molecule has 0 amide bonds. The van der Waals surface area contributed by atoms with Crippen molar-refractivity contribution in [3.63, 3.8) is 0 Å². The van der Waals surface area contributed by atoms with Crippen LogP contribution >= 0.6 is 12.2 Å². The molecule has 19 heavy (non-hydrogen) atoms. The lowest BCUT2D eigenvalue weighted by molar-refractivity contribution is 0.289. The Morgan fingerprint density at radius 3 is 2.05 bits per heavy atom. The zero-order chi connectivity index (χ0) is 14.8. The fourth-order valence-electron chi connectivity index (χ4n) is 3.77. The SMILES string of the molecule is CCOC(=S)C1CCCC1N([Si](C)(C)C)[Si](C)(C)C. The maximum absolute atomic E-state index is 5.67. The van der Waals surface area contributed by atoms with Crippen LogP contribution in [0, 0.1) is 5.92 Å². The average molecular weight is 318 g/mol. The third-order valence-corrected chi connectivity index (χ3v) is 11.8. The molecule has 0 aromatic carbocycles. The minimum absolute atomic E-state index is 0.480. The van der Waals surface area contributed by atoms with Crippen LogP contribution < -0.4 is 0 Å². The maximum Gasteiger partial charge on any atom is 0.164 e. The highest BCUT2D eigenvalue weighted by Crippen LogP contribution is 2.37. The van der Waals surface area contributed by atoms with Gasteiger partial charge >= 0.3 is 0 Å². The van der Waals surface area contributed by atoms with Gasteiger partial charge in [0.2, 0.25) is 0 Å². The molecule has 0 saturated heterocycles. The van der Waals surface area contributed by atoms with Crippen LogP contribution in [0.4, 0.5) is 0 Å². The van der Waals surface area contributed by atoms with Gasteiger partial charge in [0.15, 0.2) is 5.05 Å². The third-order valence-electron chi connectivity index (χ3n) is 3.85. The van der Waals surface area contributed by atoms with Crippen LogP contribution in [0.1, 0.15) is 26.2 Å². The highest BCUT2D eigenvalue weighted by molar-refractivity contribution is 7.80. The molecule has 0 aromatic heterocycles. The van der Waals surface area contributed by atoms with Crippen LogP contribution in [0.25, 0.3) is 0 Å². The monoisotopic (exact) mass is 317 g/mol. The first-order valence-electron chi connectivity index (χ1n) is 7.55. The predicted molar refractivity (Wildman–Crippen MR) is 93.9 cm³/mol. The fraction of sp³-hybridized carbons (Fsp3) is 0.929. The highest BCUT2D eigenvalue weighted by atomic mass is 32.1. The minimum atomic E-state index is -1.32. The summed E-state index contributed by atoms with van der Waals surface area (Å²) in [6.07, 6.45) is 3.81. The Bertz CT molecular complexity index is 308. The van der Waals surface area contributed by atoms with Crippen molar-refractivity contribution < 1.29 is 4.74 Å². The largest absolute Gasteiger partial charge is 0.487 e. The van der Waals surface area contributed by atoms with Gasteiger partial charge in [-0.25, -0.2) is 0 Å². The Balaban J connectivity index is 2.99. The van der Waals surface area contributed by atoms with Crippen molar-refractivity contribution in [2.24, 2.45) is 5.92 Å². The van der Waals surface area contributed by atoms with E-state index in [1.807, 2.05) is 6.92 Å². The second kappa shape index (κ2) is 6.37. The normalized spacial score (nSPS) is 24.8. The van der Waals surface area contributed by atoms with Crippen LogP contribution in [0.5, 0.6) is 0 Å². The summed E-state index contributed by atoms with van der Waals surface area (Å²) in [4.78, 5) is 0. The van der Waals surface area contributed by atoms with Crippen molar-refractivity contribution in [3.8, 4) is 0 Å². The van der Waals surface area contributed by atoms with Crippen LogP contribution in [0.15, 0.2) is 0 Å². The van der Waals surface area contributed by atoms with Crippen molar-refractivity contribution >= 4 is 33.7 Å². The average Bonchev–Trinajstić information content (AvgIpc) is 2.61. The van der Waals surface area contributed by atoms with Crippen LogP contribution in [0.3, 0.4) is 0 Å². The Morgan fingerprint density at radius 1 is 1.11 bits per heavy atom. The van der Waals surface area contributed by atoms with Gasteiger partial charge < -0.3 is 8.97 Å². The Morgan fingerprint density at radius 2 is 1.63 bits per heavy atom. The molecule has 0 heterocycles. The van der Waals surface area contributed by atoms with Crippen molar-refractivity contribution in [1.29, 1.82) is 0 Å². The molecule has 0 aromatic rings. The highest BCUT2D eigenvalue weighted by Gasteiger charge is 2.45. The predicted octanol–water partition coefficient (Wildman–Crippen LogP) is 4.49. The molecule has 0 aliphatic heterocycles. The molecular formula is C14H31NOSSi2. The lowest BCUT2D eigenvalue weighted by atomic mass is 10.1. The van der Waals surface area contributed by atoms with Gasteiger partial charge in [0.1, 0.15) is 16.5 Å². The molecule has 1 aliphatic carbocycles. The molecule has 1 fully saturated rings. The third kappa shape index (κ3) is 4.38. The Kier molecular flexibility index (Phi) is 5.81. The number of nitrogens with zero attached hydrogens (tertiary/aromatic N) is 1. The van der Waals surface area contributed by atoms with Crippen LogP contribution in [0.2, 0.25) is 39.3 Å². The van der Waals surface area contributed by atoms with E-state index in [1.165, 1.54) is 19.3 Å². The smallest absolute Gasteiger partial charge is 0.164 e. The quantitative estimate of drug-likeness (QED) is 0.547. The maximum atomic E-state index is 5.67. The summed E-state index contributed by atoms with van der Waals surface area (Å²) < 4.78 is 8.59. The van der Waals surface area contributed by atoms with Crippen LogP contribution in [-0.4, -0.2) is 38.4 Å². The second-order valence-corrected chi connectivity index (χ2v) is 18.1. The molecule has 0 N–H and O–H groups in total. The molecule has 0 radical (unpaired) electrons. The van der Waals surface area contributed by atoms with Gasteiger partial charge in [-0.15, -0.1) is 0 Å². The molecule has 2 atom stereocenters. The molecule has 0 bridgehead atoms. The van der Waals surface area contributed by atoms with E-state index in [9.17, 15) is 0 Å². The summed E-state index contributed by atoms with van der Waals surface area (Å²) in [5.74, 6) is 0.480. The molecule has 5 heteroatoms. The molecule has 1 aliphatic rings. The summed E-state index contributed by atoms with van der Waals surface area (Å²) in [6, 6.07) is 0.636. The number of hydrogen-bond acceptors (Lipinski definition) is 3. The van der Waals surface area contributed by atoms with Gasteiger partial charge in [0, 0.05) is 12.0 Å². The first kappa shape index (κ1) is 17.3. The van der Waals surface area contributed by atoms with Gasteiger partial charge in [0.05, 0.1) is 6.61 Å². The van der Waals surface area contributed by atoms with E-state index < -0.39 is 16.5 Å². The molecule has 0 spiro atoms. The Hall–Kier alpha value is 0.284. The molecule has 2 unspecified atom stereocenters. The van der Waals surface area contributed by atoms with E-state index in [2.05, 4.69) is 43.5 Å². The van der Waals surface area contributed by atoms with Gasteiger partial charge in [0.25, 0.3) is 0 Å². The first-order valence-corrected chi connectivity index (χ1v) is 14.9. The summed E-state index contributed by atoms with van der Waals surface area (Å²) in [5, 5.41) is 0.867. The van der Waals surface area contributed by atoms with E-state index >= 15 is 0 Å². The molecule has 112 valence electrons. The van der Waals surface area contributed by atoms with Gasteiger partial charge in [-0.2, -0.15) is 0 Å². The van der Waals surface area contributed by atoms with E-state index in [-0.39, 0.29) is 0 Å². The Labute approximate surface area is 127 Å². The standard InChI is InChI=1S/C14H31NOSSi2/c1-8-16-14(17)12-10-9-11-13(12)15(18(2,3)4)19(5,6)7/h12-13H,8-11H2,1-7H3. The summed E-state index contributed by atoms with van der Waals surface area (Å²) in [7, 11) is -2.64. The minimum Gasteiger partial charge on any atom is -0.487 e. The van der Waals surface area contributed by atoms with Crippen molar-refractivity contribution in [2.75, 3.05) is 6.61 Å². The molecular weight excluding hydrogens is 286 g/mol. The number of hydrogen-bond donors (Lipinski definition) is 0. The number of thiocarbonyl (C=S) groups is 1. The first-order chi connectivity index (χ1) is 8.59. The van der Waals surface area contributed by atoms with Crippen molar-refractivity contribution in [1.82, 2.24) is 4.23 Å². The fourth-order valence-corrected chi connectivity index (χ4v) is 14.8. The van der Waals surface area contributed by atoms with Gasteiger partial charge in [-0.05, 0) is 32.0 Å². The lowest BCUT2D eigenvalue weighted by Crippen LogP contribution is -2.64. The lowest BCUT2D eigenvalue weighted by Gasteiger charge is -2.49. The van der Waals surface area contributed by atoms with Gasteiger partial charge in [-0.1, -0.05) is 45.7 Å². The second-order valence-electron chi connectivity index (χ2n) is 7.57. The van der Waals surface area contributed by atoms with Crippen molar-refractivity contribution in [3.05, 3.63) is 0 Å². The topological polar surface area (TPSA) is 12.5 Å². The molecule has 1 saturated carbocycles. The van der Waals surface area contributed by atoms with Crippen LogP contribution in [-0.2, 0) is 4.74 Å². The summed E-state index contributed by atoms with van der Waals surface area (Å²) in [5.41, 5.74) is 0. The van der Waals surface area contributed by atoms with E-state index in [0.29, 0.717) is 18.6 Å². The van der Waals surface area contributed by atoms with Gasteiger partial charge in [-0.3, -0.25) is 0 Å². The number of ether oxygens (including phenoxy) is 1.